The highest BCUT2D eigenvalue weighted by Gasteiger charge is 2.13. The van der Waals surface area contributed by atoms with E-state index in [4.69, 9.17) is 16.1 Å². The van der Waals surface area contributed by atoms with Gasteiger partial charge >= 0.3 is 0 Å². The molecular formula is C15H11ClN4O2. The van der Waals surface area contributed by atoms with E-state index >= 15 is 0 Å². The molecule has 1 aromatic carbocycles. The topological polar surface area (TPSA) is 80.9 Å². The molecule has 0 spiro atoms. The number of carbonyl (C=O) groups is 1. The molecule has 1 amide bonds. The zero-order valence-electron chi connectivity index (χ0n) is 11.4. The fourth-order valence-electron chi connectivity index (χ4n) is 1.83. The summed E-state index contributed by atoms with van der Waals surface area (Å²) in [5.41, 5.74) is 1.25. The van der Waals surface area contributed by atoms with Gasteiger partial charge in [-0.15, -0.1) is 0 Å². The van der Waals surface area contributed by atoms with Crippen molar-refractivity contribution < 1.29 is 9.32 Å². The Kier molecular flexibility index (Phi) is 4.11. The molecule has 22 heavy (non-hydrogen) atoms. The molecule has 0 atom stereocenters. The molecule has 0 saturated heterocycles. The maximum absolute atomic E-state index is 12.0. The van der Waals surface area contributed by atoms with Gasteiger partial charge in [0, 0.05) is 12.4 Å². The van der Waals surface area contributed by atoms with Crippen molar-refractivity contribution in [1.82, 2.24) is 15.1 Å². The van der Waals surface area contributed by atoms with E-state index in [1.807, 2.05) is 0 Å². The molecule has 3 rings (SSSR count). The van der Waals surface area contributed by atoms with E-state index < -0.39 is 0 Å². The van der Waals surface area contributed by atoms with Crippen LogP contribution in [0.25, 0.3) is 11.5 Å². The number of rotatable bonds is 4. The number of para-hydroxylation sites is 1. The van der Waals surface area contributed by atoms with Crippen molar-refractivity contribution in [3.8, 4) is 11.5 Å². The fourth-order valence-corrected chi connectivity index (χ4v) is 2.02. The van der Waals surface area contributed by atoms with Crippen molar-refractivity contribution in [2.75, 3.05) is 5.32 Å². The van der Waals surface area contributed by atoms with Crippen molar-refractivity contribution >= 4 is 23.2 Å². The van der Waals surface area contributed by atoms with Gasteiger partial charge in [0.1, 0.15) is 0 Å². The molecule has 0 fully saturated rings. The molecule has 3 aromatic rings. The van der Waals surface area contributed by atoms with Gasteiger partial charge in [0.15, 0.2) is 5.82 Å². The molecule has 7 heteroatoms. The number of amides is 1. The van der Waals surface area contributed by atoms with Gasteiger partial charge in [0.25, 0.3) is 5.89 Å². The second kappa shape index (κ2) is 6.36. The minimum Gasteiger partial charge on any atom is -0.334 e. The monoisotopic (exact) mass is 314 g/mol. The normalized spacial score (nSPS) is 10.4. The van der Waals surface area contributed by atoms with Crippen molar-refractivity contribution in [1.29, 1.82) is 0 Å². The summed E-state index contributed by atoms with van der Waals surface area (Å²) in [5.74, 6) is 0.351. The van der Waals surface area contributed by atoms with Gasteiger partial charge in [-0.05, 0) is 24.3 Å². The standard InChI is InChI=1S/C15H11ClN4O2/c16-11-5-1-2-6-12(11)18-14(21)8-13-19-15(22-20-13)10-4-3-7-17-9-10/h1-7,9H,8H2,(H,18,21). The van der Waals surface area contributed by atoms with Crippen LogP contribution in [0.1, 0.15) is 5.82 Å². The first kappa shape index (κ1) is 14.2. The van der Waals surface area contributed by atoms with Crippen LogP contribution in [0.3, 0.4) is 0 Å². The third-order valence-corrected chi connectivity index (χ3v) is 3.17. The predicted molar refractivity (Wildman–Crippen MR) is 81.3 cm³/mol. The Labute approximate surface area is 131 Å². The van der Waals surface area contributed by atoms with Crippen LogP contribution < -0.4 is 5.32 Å². The predicted octanol–water partition coefficient (Wildman–Crippen LogP) is 2.97. The molecule has 0 radical (unpaired) electrons. The second-order valence-corrected chi connectivity index (χ2v) is 4.87. The highest BCUT2D eigenvalue weighted by molar-refractivity contribution is 6.33. The number of carbonyl (C=O) groups excluding carboxylic acids is 1. The van der Waals surface area contributed by atoms with Crippen LogP contribution in [0, 0.1) is 0 Å². The van der Waals surface area contributed by atoms with E-state index in [1.54, 1.807) is 48.8 Å². The van der Waals surface area contributed by atoms with E-state index in [9.17, 15) is 4.79 Å². The fraction of sp³-hybridized carbons (Fsp3) is 0.0667. The first-order valence-corrected chi connectivity index (χ1v) is 6.87. The molecule has 0 aliphatic rings. The van der Waals surface area contributed by atoms with E-state index in [0.717, 1.165) is 0 Å². The summed E-state index contributed by atoms with van der Waals surface area (Å²) in [4.78, 5) is 20.1. The van der Waals surface area contributed by atoms with Crippen LogP contribution in [-0.2, 0) is 11.2 Å². The Balaban J connectivity index is 1.68. The van der Waals surface area contributed by atoms with Crippen molar-refractivity contribution in [2.24, 2.45) is 0 Å². The molecule has 1 N–H and O–H groups in total. The summed E-state index contributed by atoms with van der Waals surface area (Å²) in [6, 6.07) is 10.6. The number of anilines is 1. The largest absolute Gasteiger partial charge is 0.334 e. The van der Waals surface area contributed by atoms with Gasteiger partial charge in [0.2, 0.25) is 5.91 Å². The van der Waals surface area contributed by atoms with Crippen molar-refractivity contribution in [2.45, 2.75) is 6.42 Å². The van der Waals surface area contributed by atoms with E-state index in [-0.39, 0.29) is 12.3 Å². The maximum Gasteiger partial charge on any atom is 0.259 e. The summed E-state index contributed by atoms with van der Waals surface area (Å²) in [5, 5.41) is 6.96. The second-order valence-electron chi connectivity index (χ2n) is 4.46. The number of halogens is 1. The lowest BCUT2D eigenvalue weighted by molar-refractivity contribution is -0.115. The molecule has 2 heterocycles. The Hall–Kier alpha value is -2.73. The Morgan fingerprint density at radius 1 is 1.23 bits per heavy atom. The van der Waals surface area contributed by atoms with Gasteiger partial charge in [0.05, 0.1) is 22.7 Å². The summed E-state index contributed by atoms with van der Waals surface area (Å²) < 4.78 is 5.12. The van der Waals surface area contributed by atoms with Gasteiger partial charge < -0.3 is 9.84 Å². The number of pyridine rings is 1. The Morgan fingerprint density at radius 2 is 2.09 bits per heavy atom. The molecule has 2 aromatic heterocycles. The van der Waals surface area contributed by atoms with Crippen LogP contribution in [0.2, 0.25) is 5.02 Å². The van der Waals surface area contributed by atoms with Crippen LogP contribution >= 0.6 is 11.6 Å². The molecule has 0 aliphatic carbocycles. The van der Waals surface area contributed by atoms with Gasteiger partial charge in [-0.1, -0.05) is 28.9 Å². The zero-order valence-corrected chi connectivity index (χ0v) is 12.1. The van der Waals surface area contributed by atoms with Gasteiger partial charge in [-0.3, -0.25) is 9.78 Å². The minimum atomic E-state index is -0.272. The zero-order chi connectivity index (χ0) is 15.4. The van der Waals surface area contributed by atoms with Crippen LogP contribution in [0.4, 0.5) is 5.69 Å². The first-order chi connectivity index (χ1) is 10.7. The SMILES string of the molecule is O=C(Cc1noc(-c2cccnc2)n1)Nc1ccccc1Cl. The summed E-state index contributed by atoms with van der Waals surface area (Å²) in [6.45, 7) is 0. The third kappa shape index (κ3) is 3.29. The quantitative estimate of drug-likeness (QED) is 0.800. The average molecular weight is 315 g/mol. The molecule has 0 bridgehead atoms. The molecule has 0 unspecified atom stereocenters. The van der Waals surface area contributed by atoms with Crippen molar-refractivity contribution in [3.05, 3.63) is 59.6 Å². The molecule has 6 nitrogen and oxygen atoms in total. The van der Waals surface area contributed by atoms with Gasteiger partial charge in [-0.25, -0.2) is 0 Å². The number of benzene rings is 1. The minimum absolute atomic E-state index is 0.00497. The number of hydrogen-bond donors (Lipinski definition) is 1. The van der Waals surface area contributed by atoms with Gasteiger partial charge in [-0.2, -0.15) is 4.98 Å². The lowest BCUT2D eigenvalue weighted by atomic mass is 10.3. The molecule has 0 saturated carbocycles. The Morgan fingerprint density at radius 3 is 2.86 bits per heavy atom. The van der Waals surface area contributed by atoms with Crippen molar-refractivity contribution in [3.63, 3.8) is 0 Å². The number of nitrogens with one attached hydrogen (secondary N) is 1. The van der Waals surface area contributed by atoms with E-state index in [1.165, 1.54) is 0 Å². The lowest BCUT2D eigenvalue weighted by Gasteiger charge is -2.04. The van der Waals surface area contributed by atoms with Crippen LogP contribution in [0.15, 0.2) is 53.3 Å². The number of nitrogens with zero attached hydrogens (tertiary/aromatic N) is 3. The van der Waals surface area contributed by atoms with Crippen LogP contribution in [0.5, 0.6) is 0 Å². The molecule has 110 valence electrons. The first-order valence-electron chi connectivity index (χ1n) is 6.50. The molecule has 0 aliphatic heterocycles. The van der Waals surface area contributed by atoms with E-state index in [2.05, 4.69) is 20.4 Å². The summed E-state index contributed by atoms with van der Waals surface area (Å²) >= 11 is 5.98. The third-order valence-electron chi connectivity index (χ3n) is 2.84. The smallest absolute Gasteiger partial charge is 0.259 e. The number of aromatic nitrogens is 3. The maximum atomic E-state index is 12.0. The highest BCUT2D eigenvalue weighted by Crippen LogP contribution is 2.20. The summed E-state index contributed by atoms with van der Waals surface area (Å²) in [6.07, 6.45) is 3.26. The van der Waals surface area contributed by atoms with E-state index in [0.29, 0.717) is 28.0 Å². The highest BCUT2D eigenvalue weighted by atomic mass is 35.5. The molecular weight excluding hydrogens is 304 g/mol. The number of hydrogen-bond acceptors (Lipinski definition) is 5. The summed E-state index contributed by atoms with van der Waals surface area (Å²) in [7, 11) is 0. The average Bonchev–Trinajstić information content (AvgIpc) is 2.99. The Bertz CT molecular complexity index is 789. The lowest BCUT2D eigenvalue weighted by Crippen LogP contribution is -2.15. The van der Waals surface area contributed by atoms with Crippen LogP contribution in [-0.4, -0.2) is 21.0 Å².